The number of aromatic nitrogens is 3. The highest BCUT2D eigenvalue weighted by Crippen LogP contribution is 2.24. The minimum Gasteiger partial charge on any atom is -0.309 e. The lowest BCUT2D eigenvalue weighted by molar-refractivity contribution is 0.572. The van der Waals surface area contributed by atoms with Crippen LogP contribution < -0.4 is 4.72 Å². The lowest BCUT2D eigenvalue weighted by Crippen LogP contribution is -2.25. The van der Waals surface area contributed by atoms with Gasteiger partial charge in [-0.15, -0.1) is 0 Å². The molecular weight excluding hydrogens is 408 g/mol. The molecule has 0 aliphatic carbocycles. The number of rotatable bonds is 7. The van der Waals surface area contributed by atoms with E-state index in [0.29, 0.717) is 24.4 Å². The Balaban J connectivity index is 1.52. The highest BCUT2D eigenvalue weighted by molar-refractivity contribution is 7.89. The number of aryl methyl sites for hydroxylation is 4. The molecule has 0 saturated carbocycles. The van der Waals surface area contributed by atoms with Crippen molar-refractivity contribution in [3.05, 3.63) is 77.5 Å². The molecule has 0 saturated heterocycles. The molecule has 0 radical (unpaired) electrons. The molecule has 0 aliphatic rings. The van der Waals surface area contributed by atoms with E-state index < -0.39 is 10.0 Å². The molecule has 7 heteroatoms. The maximum atomic E-state index is 12.6. The van der Waals surface area contributed by atoms with Crippen molar-refractivity contribution in [2.45, 2.75) is 38.6 Å². The van der Waals surface area contributed by atoms with Crippen molar-refractivity contribution in [2.75, 3.05) is 6.54 Å². The van der Waals surface area contributed by atoms with Crippen molar-refractivity contribution in [2.24, 2.45) is 0 Å². The van der Waals surface area contributed by atoms with Crippen LogP contribution in [0.25, 0.3) is 22.6 Å². The third-order valence-corrected chi connectivity index (χ3v) is 6.91. The van der Waals surface area contributed by atoms with E-state index in [1.807, 2.05) is 32.0 Å². The number of sulfonamides is 1. The van der Waals surface area contributed by atoms with Crippen LogP contribution >= 0.6 is 0 Å². The van der Waals surface area contributed by atoms with Crippen molar-refractivity contribution in [3.8, 4) is 11.4 Å². The van der Waals surface area contributed by atoms with Gasteiger partial charge in [-0.3, -0.25) is 0 Å². The molecule has 6 nitrogen and oxygen atoms in total. The fraction of sp³-hybridized carbons (Fsp3) is 0.250. The van der Waals surface area contributed by atoms with Crippen LogP contribution in [-0.2, 0) is 16.6 Å². The average molecular weight is 435 g/mol. The lowest BCUT2D eigenvalue weighted by atomic mass is 10.1. The van der Waals surface area contributed by atoms with Gasteiger partial charge < -0.3 is 4.57 Å². The van der Waals surface area contributed by atoms with Crippen molar-refractivity contribution in [1.29, 1.82) is 0 Å². The van der Waals surface area contributed by atoms with Gasteiger partial charge in [-0.2, -0.15) is 0 Å². The molecule has 2 aromatic heterocycles. The zero-order valence-corrected chi connectivity index (χ0v) is 18.8. The largest absolute Gasteiger partial charge is 0.309 e. The monoisotopic (exact) mass is 434 g/mol. The van der Waals surface area contributed by atoms with E-state index in [4.69, 9.17) is 4.98 Å². The molecule has 4 aromatic rings. The Labute approximate surface area is 183 Å². The van der Waals surface area contributed by atoms with Crippen LogP contribution in [0.2, 0.25) is 0 Å². The molecule has 0 aliphatic heterocycles. The Morgan fingerprint density at radius 3 is 2.48 bits per heavy atom. The van der Waals surface area contributed by atoms with Crippen LogP contribution in [0.4, 0.5) is 0 Å². The molecular formula is C24H26N4O2S. The second kappa shape index (κ2) is 8.61. The summed E-state index contributed by atoms with van der Waals surface area (Å²) >= 11 is 0. The first kappa shape index (κ1) is 21.2. The number of hydrogen-bond donors (Lipinski definition) is 1. The number of benzene rings is 2. The summed E-state index contributed by atoms with van der Waals surface area (Å²) in [7, 11) is -3.54. The first-order chi connectivity index (χ1) is 14.8. The minimum atomic E-state index is -3.54. The molecule has 31 heavy (non-hydrogen) atoms. The summed E-state index contributed by atoms with van der Waals surface area (Å²) in [5.41, 5.74) is 5.86. The zero-order valence-electron chi connectivity index (χ0n) is 18.0. The van der Waals surface area contributed by atoms with E-state index in [1.165, 1.54) is 5.56 Å². The fourth-order valence-electron chi connectivity index (χ4n) is 3.50. The van der Waals surface area contributed by atoms with Crippen molar-refractivity contribution >= 4 is 21.2 Å². The highest BCUT2D eigenvalue weighted by atomic mass is 32.2. The Morgan fingerprint density at radius 1 is 0.968 bits per heavy atom. The maximum Gasteiger partial charge on any atom is 0.240 e. The Hall–Kier alpha value is -3.03. The molecule has 0 bridgehead atoms. The Bertz CT molecular complexity index is 1330. The van der Waals surface area contributed by atoms with Gasteiger partial charge in [0.1, 0.15) is 11.3 Å². The summed E-state index contributed by atoms with van der Waals surface area (Å²) in [4.78, 5) is 9.56. The fourth-order valence-corrected chi connectivity index (χ4v) is 4.66. The summed E-state index contributed by atoms with van der Waals surface area (Å²) in [5.74, 6) is 0.839. The van der Waals surface area contributed by atoms with E-state index in [-0.39, 0.29) is 0 Å². The number of nitrogens with zero attached hydrogens (tertiary/aromatic N) is 3. The molecule has 0 unspecified atom stereocenters. The zero-order chi connectivity index (χ0) is 22.0. The standard InChI is InChI=1S/C24H26N4O2S/c1-17-7-10-20(11-8-17)23-27-22-6-4-13-25-24(22)28(23)15-5-14-26-31(29,30)21-12-9-18(2)19(3)16-21/h4,6-13,16,26H,5,14-15H2,1-3H3. The maximum absolute atomic E-state index is 12.6. The molecule has 2 heterocycles. The summed E-state index contributed by atoms with van der Waals surface area (Å²) in [6.07, 6.45) is 2.37. The molecule has 1 N–H and O–H groups in total. The SMILES string of the molecule is Cc1ccc(-c2nc3cccnc3n2CCCNS(=O)(=O)c2ccc(C)c(C)c2)cc1. The van der Waals surface area contributed by atoms with Crippen molar-refractivity contribution < 1.29 is 8.42 Å². The summed E-state index contributed by atoms with van der Waals surface area (Å²) in [6, 6.07) is 17.2. The minimum absolute atomic E-state index is 0.297. The number of imidazole rings is 1. The van der Waals surface area contributed by atoms with Gasteiger partial charge in [0.05, 0.1) is 4.90 Å². The molecule has 4 rings (SSSR count). The van der Waals surface area contributed by atoms with Crippen LogP contribution in [0.15, 0.2) is 65.7 Å². The van der Waals surface area contributed by atoms with Crippen LogP contribution in [-0.4, -0.2) is 29.5 Å². The van der Waals surface area contributed by atoms with Gasteiger partial charge in [-0.25, -0.2) is 23.1 Å². The van der Waals surface area contributed by atoms with E-state index in [1.54, 1.807) is 18.3 Å². The second-order valence-corrected chi connectivity index (χ2v) is 9.56. The smallest absolute Gasteiger partial charge is 0.240 e. The van der Waals surface area contributed by atoms with Gasteiger partial charge in [-0.1, -0.05) is 35.9 Å². The van der Waals surface area contributed by atoms with Crippen LogP contribution in [0.3, 0.4) is 0 Å². The van der Waals surface area contributed by atoms with E-state index >= 15 is 0 Å². The second-order valence-electron chi connectivity index (χ2n) is 7.80. The van der Waals surface area contributed by atoms with Crippen LogP contribution in [0, 0.1) is 20.8 Å². The van der Waals surface area contributed by atoms with E-state index in [2.05, 4.69) is 45.5 Å². The van der Waals surface area contributed by atoms with Gasteiger partial charge in [0.2, 0.25) is 10.0 Å². The first-order valence-corrected chi connectivity index (χ1v) is 11.8. The van der Waals surface area contributed by atoms with E-state index in [0.717, 1.165) is 33.7 Å². The highest BCUT2D eigenvalue weighted by Gasteiger charge is 2.16. The van der Waals surface area contributed by atoms with Gasteiger partial charge in [0, 0.05) is 24.8 Å². The number of pyridine rings is 1. The third kappa shape index (κ3) is 4.52. The molecule has 0 atom stereocenters. The normalized spacial score (nSPS) is 11.8. The number of hydrogen-bond acceptors (Lipinski definition) is 4. The Kier molecular flexibility index (Phi) is 5.89. The quantitative estimate of drug-likeness (QED) is 0.438. The third-order valence-electron chi connectivity index (χ3n) is 5.45. The molecule has 0 spiro atoms. The van der Waals surface area contributed by atoms with Crippen LogP contribution in [0.1, 0.15) is 23.1 Å². The lowest BCUT2D eigenvalue weighted by Gasteiger charge is -2.11. The van der Waals surface area contributed by atoms with Gasteiger partial charge in [-0.05, 0) is 62.6 Å². The van der Waals surface area contributed by atoms with Crippen LogP contribution in [0.5, 0.6) is 0 Å². The average Bonchev–Trinajstić information content (AvgIpc) is 3.12. The number of fused-ring (bicyclic) bond motifs is 1. The molecule has 2 aromatic carbocycles. The molecule has 0 fully saturated rings. The van der Waals surface area contributed by atoms with Gasteiger partial charge >= 0.3 is 0 Å². The van der Waals surface area contributed by atoms with E-state index in [9.17, 15) is 8.42 Å². The number of nitrogens with one attached hydrogen (secondary N) is 1. The predicted molar refractivity (Wildman–Crippen MR) is 123 cm³/mol. The predicted octanol–water partition coefficient (Wildman–Crippen LogP) is 4.39. The summed E-state index contributed by atoms with van der Waals surface area (Å²) in [6.45, 7) is 6.86. The van der Waals surface area contributed by atoms with Gasteiger partial charge in [0.25, 0.3) is 0 Å². The van der Waals surface area contributed by atoms with Gasteiger partial charge in [0.15, 0.2) is 5.65 Å². The summed E-state index contributed by atoms with van der Waals surface area (Å²) < 4.78 is 30.1. The first-order valence-electron chi connectivity index (χ1n) is 10.3. The summed E-state index contributed by atoms with van der Waals surface area (Å²) in [5, 5.41) is 0. The Morgan fingerprint density at radius 2 is 1.74 bits per heavy atom. The van der Waals surface area contributed by atoms with Crippen molar-refractivity contribution in [1.82, 2.24) is 19.3 Å². The molecule has 160 valence electrons. The topological polar surface area (TPSA) is 76.9 Å². The van der Waals surface area contributed by atoms with Crippen molar-refractivity contribution in [3.63, 3.8) is 0 Å². The molecule has 0 amide bonds.